The number of benzene rings is 1. The van der Waals surface area contributed by atoms with Crippen LogP contribution in [-0.2, 0) is 4.79 Å². The summed E-state index contributed by atoms with van der Waals surface area (Å²) in [6.07, 6.45) is 1.79. The van der Waals surface area contributed by atoms with E-state index < -0.39 is 0 Å². The summed E-state index contributed by atoms with van der Waals surface area (Å²) in [5.74, 6) is -0.396. The van der Waals surface area contributed by atoms with Crippen molar-refractivity contribution in [3.8, 4) is 10.4 Å². The van der Waals surface area contributed by atoms with Crippen LogP contribution < -0.4 is 10.6 Å². The minimum atomic E-state index is -0.190. The minimum Gasteiger partial charge on any atom is -0.358 e. The van der Waals surface area contributed by atoms with Crippen LogP contribution in [-0.4, -0.2) is 53.7 Å². The van der Waals surface area contributed by atoms with E-state index in [1.807, 2.05) is 37.3 Å². The second-order valence-corrected chi connectivity index (χ2v) is 9.56. The van der Waals surface area contributed by atoms with E-state index in [4.69, 9.17) is 0 Å². The Morgan fingerprint density at radius 3 is 2.54 bits per heavy atom. The third kappa shape index (κ3) is 4.99. The Kier molecular flexibility index (Phi) is 7.33. The maximum absolute atomic E-state index is 13.4. The van der Waals surface area contributed by atoms with Gasteiger partial charge in [-0.1, -0.05) is 32.0 Å². The van der Waals surface area contributed by atoms with Crippen molar-refractivity contribution in [1.29, 1.82) is 0 Å². The zero-order chi connectivity index (χ0) is 25.1. The fourth-order valence-corrected chi connectivity index (χ4v) is 5.31. The number of ketones is 1. The summed E-state index contributed by atoms with van der Waals surface area (Å²) in [6.45, 7) is 10.7. The van der Waals surface area contributed by atoms with E-state index >= 15 is 0 Å². The molecule has 1 aliphatic rings. The number of aromatic nitrogens is 1. The lowest BCUT2D eigenvalue weighted by Gasteiger charge is -2.18. The number of fused-ring (bicyclic) bond motifs is 1. The van der Waals surface area contributed by atoms with Crippen LogP contribution in [0.1, 0.15) is 57.8 Å². The number of aryl methyl sites for hydroxylation is 1. The number of rotatable bonds is 9. The largest absolute Gasteiger partial charge is 0.358 e. The van der Waals surface area contributed by atoms with Crippen molar-refractivity contribution in [2.24, 2.45) is 0 Å². The SMILES string of the molecule is CCN(CC)CCNC(=O)c1c(C)[nH]c(C=C2C(=O)Nc3ccccc32)c1-c1ccc(C(C)=O)s1. The van der Waals surface area contributed by atoms with Crippen molar-refractivity contribution in [3.05, 3.63) is 63.8 Å². The highest BCUT2D eigenvalue weighted by molar-refractivity contribution is 7.17. The van der Waals surface area contributed by atoms with Crippen LogP contribution in [0.3, 0.4) is 0 Å². The molecular formula is C27H30N4O3S. The second-order valence-electron chi connectivity index (χ2n) is 8.47. The highest BCUT2D eigenvalue weighted by atomic mass is 32.1. The summed E-state index contributed by atoms with van der Waals surface area (Å²) >= 11 is 1.35. The van der Waals surface area contributed by atoms with Crippen molar-refractivity contribution in [1.82, 2.24) is 15.2 Å². The number of anilines is 1. The number of amides is 2. The van der Waals surface area contributed by atoms with Gasteiger partial charge in [0.2, 0.25) is 0 Å². The Hall–Kier alpha value is -3.49. The lowest BCUT2D eigenvalue weighted by atomic mass is 10.0. The first-order chi connectivity index (χ1) is 16.8. The fraction of sp³-hybridized carbons (Fsp3) is 0.296. The quantitative estimate of drug-likeness (QED) is 0.296. The number of carbonyl (C=O) groups excluding carboxylic acids is 3. The lowest BCUT2D eigenvalue weighted by molar-refractivity contribution is -0.110. The van der Waals surface area contributed by atoms with Gasteiger partial charge in [-0.2, -0.15) is 0 Å². The highest BCUT2D eigenvalue weighted by Crippen LogP contribution is 2.39. The van der Waals surface area contributed by atoms with E-state index in [0.29, 0.717) is 39.5 Å². The zero-order valence-electron chi connectivity index (χ0n) is 20.5. The first-order valence-corrected chi connectivity index (χ1v) is 12.6. The Labute approximate surface area is 209 Å². The van der Waals surface area contributed by atoms with Gasteiger partial charge in [0.05, 0.1) is 16.0 Å². The number of nitrogens with zero attached hydrogens (tertiary/aromatic N) is 1. The Morgan fingerprint density at radius 1 is 1.11 bits per heavy atom. The molecule has 4 rings (SSSR count). The van der Waals surface area contributed by atoms with Gasteiger partial charge in [-0.25, -0.2) is 0 Å². The van der Waals surface area contributed by atoms with Gasteiger partial charge in [0, 0.05) is 46.2 Å². The first-order valence-electron chi connectivity index (χ1n) is 11.8. The number of carbonyl (C=O) groups is 3. The van der Waals surface area contributed by atoms with Gasteiger partial charge in [0.25, 0.3) is 11.8 Å². The van der Waals surface area contributed by atoms with Crippen molar-refractivity contribution < 1.29 is 14.4 Å². The lowest BCUT2D eigenvalue weighted by Crippen LogP contribution is -2.35. The van der Waals surface area contributed by atoms with Crippen molar-refractivity contribution >= 4 is 46.3 Å². The van der Waals surface area contributed by atoms with Crippen molar-refractivity contribution in [2.75, 3.05) is 31.5 Å². The molecule has 182 valence electrons. The number of hydrogen-bond acceptors (Lipinski definition) is 5. The fourth-order valence-electron chi connectivity index (χ4n) is 4.34. The van der Waals surface area contributed by atoms with Crippen LogP contribution in [0.5, 0.6) is 0 Å². The highest BCUT2D eigenvalue weighted by Gasteiger charge is 2.27. The molecule has 0 bridgehead atoms. The normalized spacial score (nSPS) is 13.9. The average Bonchev–Trinajstić information content (AvgIpc) is 3.53. The molecule has 0 atom stereocenters. The Morgan fingerprint density at radius 2 is 1.86 bits per heavy atom. The molecule has 0 spiro atoms. The summed E-state index contributed by atoms with van der Waals surface area (Å²) in [5, 5.41) is 5.94. The first kappa shape index (κ1) is 24.6. The number of thiophene rings is 1. The number of H-pyrrole nitrogens is 1. The Bertz CT molecular complexity index is 1310. The van der Waals surface area contributed by atoms with Gasteiger partial charge in [0.1, 0.15) is 0 Å². The third-order valence-corrected chi connectivity index (χ3v) is 7.45. The molecule has 3 heterocycles. The second kappa shape index (κ2) is 10.4. The molecule has 8 heteroatoms. The molecule has 1 aliphatic heterocycles. The van der Waals surface area contributed by atoms with Crippen molar-refractivity contribution in [2.45, 2.75) is 27.7 Å². The topological polar surface area (TPSA) is 94.3 Å². The smallest absolute Gasteiger partial charge is 0.256 e. The molecule has 0 unspecified atom stereocenters. The average molecular weight is 491 g/mol. The van der Waals surface area contributed by atoms with Crippen LogP contribution in [0.4, 0.5) is 5.69 Å². The van der Waals surface area contributed by atoms with Gasteiger partial charge in [-0.15, -0.1) is 11.3 Å². The van der Waals surface area contributed by atoms with Crippen LogP contribution >= 0.6 is 11.3 Å². The molecule has 0 radical (unpaired) electrons. The number of para-hydroxylation sites is 1. The molecular weight excluding hydrogens is 460 g/mol. The maximum atomic E-state index is 13.4. The van der Waals surface area contributed by atoms with Gasteiger partial charge in [-0.05, 0) is 51.2 Å². The number of likely N-dealkylation sites (N-methyl/N-ethyl adjacent to an activating group) is 1. The molecule has 0 fully saturated rings. The van der Waals surface area contributed by atoms with E-state index in [1.54, 1.807) is 12.1 Å². The molecule has 0 saturated heterocycles. The molecule has 3 N–H and O–H groups in total. The third-order valence-electron chi connectivity index (χ3n) is 6.25. The van der Waals surface area contributed by atoms with Crippen molar-refractivity contribution in [3.63, 3.8) is 0 Å². The molecule has 0 saturated carbocycles. The summed E-state index contributed by atoms with van der Waals surface area (Å²) in [4.78, 5) is 45.1. The van der Waals surface area contributed by atoms with E-state index in [1.165, 1.54) is 18.3 Å². The Balaban J connectivity index is 1.77. The van der Waals surface area contributed by atoms with Crippen LogP contribution in [0, 0.1) is 6.92 Å². The molecule has 7 nitrogen and oxygen atoms in total. The summed E-state index contributed by atoms with van der Waals surface area (Å²) in [6, 6.07) is 11.2. The van der Waals surface area contributed by atoms with E-state index in [2.05, 4.69) is 34.4 Å². The summed E-state index contributed by atoms with van der Waals surface area (Å²) in [7, 11) is 0. The summed E-state index contributed by atoms with van der Waals surface area (Å²) in [5.41, 5.74) is 4.70. The predicted octanol–water partition coefficient (Wildman–Crippen LogP) is 4.82. The minimum absolute atomic E-state index is 0.0252. The molecule has 35 heavy (non-hydrogen) atoms. The zero-order valence-corrected chi connectivity index (χ0v) is 21.3. The standard InChI is InChI=1S/C27H30N4O3S/c1-5-31(6-2)14-13-28-27(34)24-16(3)29-21(25(24)23-12-11-22(35-23)17(4)32)15-19-18-9-7-8-10-20(18)30-26(19)33/h7-12,15,29H,5-6,13-14H2,1-4H3,(H,28,34)(H,30,33). The number of nitrogens with one attached hydrogen (secondary N) is 3. The number of aromatic amines is 1. The number of hydrogen-bond donors (Lipinski definition) is 3. The van der Waals surface area contributed by atoms with E-state index in [-0.39, 0.29) is 17.6 Å². The van der Waals surface area contributed by atoms with Crippen LogP contribution in [0.15, 0.2) is 36.4 Å². The molecule has 2 amide bonds. The number of Topliss-reactive ketones (excluding diaryl/α,β-unsaturated/α-hetero) is 1. The van der Waals surface area contributed by atoms with Crippen LogP contribution in [0.25, 0.3) is 22.1 Å². The molecule has 0 aliphatic carbocycles. The predicted molar refractivity (Wildman–Crippen MR) is 142 cm³/mol. The van der Waals surface area contributed by atoms with E-state index in [0.717, 1.165) is 35.8 Å². The monoisotopic (exact) mass is 490 g/mol. The van der Waals surface area contributed by atoms with Gasteiger partial charge in [0.15, 0.2) is 5.78 Å². The van der Waals surface area contributed by atoms with Crippen LogP contribution in [0.2, 0.25) is 0 Å². The molecule has 3 aromatic rings. The van der Waals surface area contributed by atoms with Gasteiger partial charge < -0.3 is 20.5 Å². The summed E-state index contributed by atoms with van der Waals surface area (Å²) < 4.78 is 0. The van der Waals surface area contributed by atoms with Gasteiger partial charge >= 0.3 is 0 Å². The van der Waals surface area contributed by atoms with E-state index in [9.17, 15) is 14.4 Å². The molecule has 2 aromatic heterocycles. The molecule has 1 aromatic carbocycles. The maximum Gasteiger partial charge on any atom is 0.256 e. The van der Waals surface area contributed by atoms with Gasteiger partial charge in [-0.3, -0.25) is 14.4 Å².